The number of nitrogens with two attached hydrogens (primary N) is 1. The smallest absolute Gasteiger partial charge is 0.341 e. The summed E-state index contributed by atoms with van der Waals surface area (Å²) >= 11 is 1.49. The number of halogens is 1. The SMILES string of the molecule is CN(Cc1ccsc1)C(=O)COC(=O)c1cc(S(N)(=O)=O)ccc1F. The molecule has 0 saturated heterocycles. The summed E-state index contributed by atoms with van der Waals surface area (Å²) in [5.74, 6) is -2.61. The number of nitrogens with zero attached hydrogens (tertiary/aromatic N) is 1. The van der Waals surface area contributed by atoms with Gasteiger partial charge in [-0.1, -0.05) is 0 Å². The first-order valence-corrected chi connectivity index (χ1v) is 9.42. The van der Waals surface area contributed by atoms with E-state index in [1.165, 1.54) is 23.3 Å². The van der Waals surface area contributed by atoms with E-state index in [0.29, 0.717) is 6.54 Å². The number of thiophene rings is 1. The van der Waals surface area contributed by atoms with Crippen LogP contribution in [-0.2, 0) is 26.1 Å². The second-order valence-corrected chi connectivity index (χ2v) is 7.49. The van der Waals surface area contributed by atoms with Gasteiger partial charge in [-0.25, -0.2) is 22.7 Å². The second-order valence-electron chi connectivity index (χ2n) is 5.14. The highest BCUT2D eigenvalue weighted by Gasteiger charge is 2.20. The minimum absolute atomic E-state index is 0.342. The Hall–Kier alpha value is -2.30. The molecule has 134 valence electrons. The zero-order valence-corrected chi connectivity index (χ0v) is 14.8. The molecule has 25 heavy (non-hydrogen) atoms. The fourth-order valence-electron chi connectivity index (χ4n) is 1.90. The Morgan fingerprint density at radius 3 is 2.64 bits per heavy atom. The lowest BCUT2D eigenvalue weighted by Gasteiger charge is -2.16. The average Bonchev–Trinajstić information content (AvgIpc) is 3.04. The number of hydrogen-bond acceptors (Lipinski definition) is 6. The van der Waals surface area contributed by atoms with Crippen LogP contribution in [0, 0.1) is 5.82 Å². The molecule has 1 amide bonds. The normalized spacial score (nSPS) is 11.2. The van der Waals surface area contributed by atoms with Crippen molar-refractivity contribution in [2.45, 2.75) is 11.4 Å². The van der Waals surface area contributed by atoms with Gasteiger partial charge in [0.25, 0.3) is 5.91 Å². The van der Waals surface area contributed by atoms with E-state index in [-0.39, 0.29) is 0 Å². The van der Waals surface area contributed by atoms with Crippen molar-refractivity contribution in [1.82, 2.24) is 4.90 Å². The van der Waals surface area contributed by atoms with Gasteiger partial charge < -0.3 is 9.64 Å². The van der Waals surface area contributed by atoms with Gasteiger partial charge in [-0.3, -0.25) is 4.79 Å². The van der Waals surface area contributed by atoms with Crippen LogP contribution in [0.5, 0.6) is 0 Å². The van der Waals surface area contributed by atoms with Crippen molar-refractivity contribution in [2.75, 3.05) is 13.7 Å². The van der Waals surface area contributed by atoms with Crippen LogP contribution in [0.3, 0.4) is 0 Å². The van der Waals surface area contributed by atoms with E-state index in [9.17, 15) is 22.4 Å². The van der Waals surface area contributed by atoms with Crippen molar-refractivity contribution >= 4 is 33.2 Å². The topological polar surface area (TPSA) is 107 Å². The molecule has 10 heteroatoms. The van der Waals surface area contributed by atoms with Gasteiger partial charge in [0, 0.05) is 13.6 Å². The Kier molecular flexibility index (Phi) is 5.88. The van der Waals surface area contributed by atoms with Crippen molar-refractivity contribution in [3.05, 3.63) is 52.0 Å². The minimum Gasteiger partial charge on any atom is -0.452 e. The average molecular weight is 386 g/mol. The van der Waals surface area contributed by atoms with Crippen LogP contribution < -0.4 is 5.14 Å². The Balaban J connectivity index is 2.01. The largest absolute Gasteiger partial charge is 0.452 e. The zero-order chi connectivity index (χ0) is 18.6. The molecule has 0 bridgehead atoms. The molecular weight excluding hydrogens is 371 g/mol. The number of esters is 1. The summed E-state index contributed by atoms with van der Waals surface area (Å²) in [5.41, 5.74) is 0.318. The van der Waals surface area contributed by atoms with Crippen LogP contribution in [0.1, 0.15) is 15.9 Å². The number of likely N-dealkylation sites (N-methyl/N-ethyl adjacent to an activating group) is 1. The molecule has 2 N–H and O–H groups in total. The molecule has 1 aromatic heterocycles. The van der Waals surface area contributed by atoms with E-state index in [2.05, 4.69) is 0 Å². The van der Waals surface area contributed by atoms with Crippen LogP contribution in [0.25, 0.3) is 0 Å². The molecule has 0 radical (unpaired) electrons. The fraction of sp³-hybridized carbons (Fsp3) is 0.200. The standard InChI is InChI=1S/C15H15FN2O5S2/c1-18(7-10-4-5-24-9-10)14(19)8-23-15(20)12-6-11(25(17,21)22)2-3-13(12)16/h2-6,9H,7-8H2,1H3,(H2,17,21,22). The van der Waals surface area contributed by atoms with Crippen molar-refractivity contribution in [3.63, 3.8) is 0 Å². The van der Waals surface area contributed by atoms with Crippen LogP contribution in [0.4, 0.5) is 4.39 Å². The quantitative estimate of drug-likeness (QED) is 0.754. The number of sulfonamides is 1. The third kappa shape index (κ3) is 5.08. The van der Waals surface area contributed by atoms with Gasteiger partial charge in [-0.15, -0.1) is 0 Å². The maximum Gasteiger partial charge on any atom is 0.341 e. The molecule has 0 saturated carbocycles. The van der Waals surface area contributed by atoms with Crippen LogP contribution in [-0.4, -0.2) is 38.8 Å². The number of amides is 1. The van der Waals surface area contributed by atoms with Gasteiger partial charge in [0.15, 0.2) is 6.61 Å². The highest BCUT2D eigenvalue weighted by molar-refractivity contribution is 7.89. The number of ether oxygens (including phenoxy) is 1. The summed E-state index contributed by atoms with van der Waals surface area (Å²) in [4.78, 5) is 24.8. The van der Waals surface area contributed by atoms with E-state index in [4.69, 9.17) is 9.88 Å². The Morgan fingerprint density at radius 2 is 2.04 bits per heavy atom. The van der Waals surface area contributed by atoms with Crippen molar-refractivity contribution in [1.29, 1.82) is 0 Å². The van der Waals surface area contributed by atoms with Crippen LogP contribution >= 0.6 is 11.3 Å². The van der Waals surface area contributed by atoms with Crippen molar-refractivity contribution in [2.24, 2.45) is 5.14 Å². The van der Waals surface area contributed by atoms with E-state index >= 15 is 0 Å². The molecule has 2 rings (SSSR count). The maximum absolute atomic E-state index is 13.7. The number of carbonyl (C=O) groups is 2. The molecule has 0 atom stereocenters. The number of benzene rings is 1. The van der Waals surface area contributed by atoms with Gasteiger partial charge >= 0.3 is 5.97 Å². The lowest BCUT2D eigenvalue weighted by atomic mass is 10.2. The monoisotopic (exact) mass is 386 g/mol. The first kappa shape index (κ1) is 19.0. The lowest BCUT2D eigenvalue weighted by Crippen LogP contribution is -2.30. The Bertz CT molecular complexity index is 881. The predicted octanol–water partition coefficient (Wildman–Crippen LogP) is 1.35. The van der Waals surface area contributed by atoms with Crippen LogP contribution in [0.2, 0.25) is 0 Å². The number of rotatable bonds is 6. The van der Waals surface area contributed by atoms with E-state index < -0.39 is 44.8 Å². The zero-order valence-electron chi connectivity index (χ0n) is 13.1. The lowest BCUT2D eigenvalue weighted by molar-refractivity contribution is -0.133. The summed E-state index contributed by atoms with van der Waals surface area (Å²) in [6.45, 7) is -0.256. The molecule has 0 fully saturated rings. The number of carbonyl (C=O) groups excluding carboxylic acids is 2. The molecule has 0 aliphatic heterocycles. The molecule has 7 nitrogen and oxygen atoms in total. The third-order valence-corrected chi connectivity index (χ3v) is 4.88. The third-order valence-electron chi connectivity index (χ3n) is 3.24. The highest BCUT2D eigenvalue weighted by atomic mass is 32.2. The first-order chi connectivity index (χ1) is 11.7. The Labute approximate surface area is 147 Å². The summed E-state index contributed by atoms with van der Waals surface area (Å²) in [6, 6.07) is 4.35. The molecule has 0 spiro atoms. The minimum atomic E-state index is -4.10. The summed E-state index contributed by atoms with van der Waals surface area (Å²) in [5, 5.41) is 8.69. The predicted molar refractivity (Wildman–Crippen MR) is 88.8 cm³/mol. The summed E-state index contributed by atoms with van der Waals surface area (Å²) < 4.78 is 41.0. The second kappa shape index (κ2) is 7.72. The number of hydrogen-bond donors (Lipinski definition) is 1. The van der Waals surface area contributed by atoms with E-state index in [1.807, 2.05) is 16.8 Å². The molecule has 1 heterocycles. The molecule has 0 unspecified atom stereocenters. The van der Waals surface area contributed by atoms with Gasteiger partial charge in [0.05, 0.1) is 10.5 Å². The van der Waals surface area contributed by atoms with Gasteiger partial charge in [0.2, 0.25) is 10.0 Å². The first-order valence-electron chi connectivity index (χ1n) is 6.93. The Morgan fingerprint density at radius 1 is 1.32 bits per heavy atom. The molecule has 2 aromatic rings. The molecule has 0 aliphatic carbocycles. The van der Waals surface area contributed by atoms with Crippen molar-refractivity contribution in [3.8, 4) is 0 Å². The molecule has 1 aromatic carbocycles. The van der Waals surface area contributed by atoms with Gasteiger partial charge in [-0.05, 0) is 40.6 Å². The summed E-state index contributed by atoms with van der Waals surface area (Å²) in [6.07, 6.45) is 0. The number of primary sulfonamides is 1. The van der Waals surface area contributed by atoms with E-state index in [0.717, 1.165) is 23.8 Å². The molecule has 0 aliphatic rings. The van der Waals surface area contributed by atoms with Gasteiger partial charge in [0.1, 0.15) is 5.82 Å². The fourth-order valence-corrected chi connectivity index (χ4v) is 3.10. The van der Waals surface area contributed by atoms with Crippen molar-refractivity contribution < 1.29 is 27.1 Å². The van der Waals surface area contributed by atoms with E-state index in [1.54, 1.807) is 0 Å². The van der Waals surface area contributed by atoms with Gasteiger partial charge in [-0.2, -0.15) is 11.3 Å². The molecular formula is C15H15FN2O5S2. The highest BCUT2D eigenvalue weighted by Crippen LogP contribution is 2.15. The van der Waals surface area contributed by atoms with Crippen LogP contribution in [0.15, 0.2) is 39.9 Å². The summed E-state index contributed by atoms with van der Waals surface area (Å²) in [7, 11) is -2.56. The maximum atomic E-state index is 13.7.